The van der Waals surface area contributed by atoms with Crippen LogP contribution in [-0.4, -0.2) is 83.5 Å². The second kappa shape index (κ2) is 15.7. The lowest BCUT2D eigenvalue weighted by molar-refractivity contribution is -0.704. The zero-order valence-corrected chi connectivity index (χ0v) is 26.1. The van der Waals surface area contributed by atoms with Crippen molar-refractivity contribution in [2.45, 2.75) is 58.2 Å². The number of quaternary nitrogens is 1. The summed E-state index contributed by atoms with van der Waals surface area (Å²) in [6.07, 6.45) is 0.369. The molecule has 3 amide bonds. The second-order valence-electron chi connectivity index (χ2n) is 11.7. The standard InChI is InChI=1S/C35H42F2N4O4/c1-4-12-40(13-5-2)35(45)27-16-23(3)15-26(20-27)33(43)39-30(19-24-17-28(36)21-29(37)18-24)32(42)31-22-41(14-11-38-31)34(44)25-9-7-6-8-10-25/h6-10,15-18,20-21,30-32,38,42H,4-5,11-14,19,22H2,1-3H3,(H,39,43)/p+1/t30-,31+,32-/m0/s1. The smallest absolute Gasteiger partial charge is 0.254 e. The molecule has 0 radical (unpaired) electrons. The monoisotopic (exact) mass is 621 g/mol. The predicted molar refractivity (Wildman–Crippen MR) is 168 cm³/mol. The van der Waals surface area contributed by atoms with Crippen molar-refractivity contribution >= 4 is 17.7 Å². The number of piperazine rings is 1. The lowest BCUT2D eigenvalue weighted by Gasteiger charge is -2.36. The van der Waals surface area contributed by atoms with E-state index in [9.17, 15) is 28.3 Å². The van der Waals surface area contributed by atoms with Gasteiger partial charge in [0.2, 0.25) is 0 Å². The molecule has 10 heteroatoms. The summed E-state index contributed by atoms with van der Waals surface area (Å²) in [6.45, 7) is 8.23. The fraction of sp³-hybridized carbons (Fsp3) is 0.400. The number of halogens is 2. The van der Waals surface area contributed by atoms with Crippen molar-refractivity contribution in [2.24, 2.45) is 0 Å². The van der Waals surface area contributed by atoms with E-state index >= 15 is 0 Å². The Bertz CT molecular complexity index is 1460. The Hall–Kier alpha value is -4.15. The van der Waals surface area contributed by atoms with Crippen LogP contribution < -0.4 is 10.6 Å². The Labute approximate surface area is 263 Å². The van der Waals surface area contributed by atoms with Gasteiger partial charge in [-0.2, -0.15) is 0 Å². The molecule has 0 aliphatic carbocycles. The van der Waals surface area contributed by atoms with E-state index in [0.29, 0.717) is 37.3 Å². The van der Waals surface area contributed by atoms with Gasteiger partial charge >= 0.3 is 0 Å². The average molecular weight is 622 g/mol. The number of aryl methyl sites for hydroxylation is 1. The summed E-state index contributed by atoms with van der Waals surface area (Å²) in [7, 11) is 0. The average Bonchev–Trinajstić information content (AvgIpc) is 3.03. The highest BCUT2D eigenvalue weighted by Crippen LogP contribution is 2.17. The van der Waals surface area contributed by atoms with Gasteiger partial charge in [0.05, 0.1) is 25.7 Å². The molecule has 3 aromatic rings. The molecule has 0 saturated carbocycles. The maximum Gasteiger partial charge on any atom is 0.254 e. The lowest BCUT2D eigenvalue weighted by atomic mass is 9.94. The molecule has 0 unspecified atom stereocenters. The van der Waals surface area contributed by atoms with Crippen LogP contribution in [-0.2, 0) is 6.42 Å². The van der Waals surface area contributed by atoms with Crippen LogP contribution in [0.1, 0.15) is 68.9 Å². The van der Waals surface area contributed by atoms with Gasteiger partial charge in [-0.15, -0.1) is 0 Å². The van der Waals surface area contributed by atoms with E-state index < -0.39 is 35.7 Å². The van der Waals surface area contributed by atoms with Crippen molar-refractivity contribution in [2.75, 3.05) is 32.7 Å². The fourth-order valence-corrected chi connectivity index (χ4v) is 5.92. The molecule has 240 valence electrons. The van der Waals surface area contributed by atoms with Crippen molar-refractivity contribution in [3.05, 3.63) is 106 Å². The van der Waals surface area contributed by atoms with E-state index in [4.69, 9.17) is 0 Å². The van der Waals surface area contributed by atoms with Gasteiger partial charge in [-0.05, 0) is 79.8 Å². The zero-order chi connectivity index (χ0) is 32.5. The largest absolute Gasteiger partial charge is 0.385 e. The number of benzene rings is 3. The first-order valence-corrected chi connectivity index (χ1v) is 15.6. The molecule has 1 heterocycles. The van der Waals surface area contributed by atoms with Gasteiger partial charge in [0.25, 0.3) is 17.7 Å². The molecule has 1 aliphatic rings. The summed E-state index contributed by atoms with van der Waals surface area (Å²) in [6, 6.07) is 15.5. The number of aliphatic hydroxyl groups is 1. The van der Waals surface area contributed by atoms with Crippen molar-refractivity contribution in [3.8, 4) is 0 Å². The van der Waals surface area contributed by atoms with Crippen molar-refractivity contribution in [1.82, 2.24) is 15.1 Å². The van der Waals surface area contributed by atoms with Gasteiger partial charge in [0, 0.05) is 35.8 Å². The normalized spacial score (nSPS) is 16.1. The highest BCUT2D eigenvalue weighted by atomic mass is 19.1. The van der Waals surface area contributed by atoms with E-state index in [1.54, 1.807) is 59.2 Å². The summed E-state index contributed by atoms with van der Waals surface area (Å²) in [5.41, 5.74) is 2.15. The van der Waals surface area contributed by atoms with Gasteiger partial charge in [-0.3, -0.25) is 14.4 Å². The SMILES string of the molecule is CCCN(CCC)C(=O)c1cc(C)cc(C(=O)N[C@@H](Cc2cc(F)cc(F)c2)[C@H](O)[C@H]2CN(C(=O)c3ccccc3)CC[NH2+]2)c1. The minimum Gasteiger partial charge on any atom is -0.385 e. The number of aliphatic hydroxyl groups excluding tert-OH is 1. The van der Waals surface area contributed by atoms with E-state index in [0.717, 1.165) is 24.5 Å². The second-order valence-corrected chi connectivity index (χ2v) is 11.7. The van der Waals surface area contributed by atoms with Crippen LogP contribution >= 0.6 is 0 Å². The molecule has 3 aromatic carbocycles. The number of hydrogen-bond donors (Lipinski definition) is 3. The Morgan fingerprint density at radius 1 is 0.956 bits per heavy atom. The van der Waals surface area contributed by atoms with Crippen LogP contribution in [0.15, 0.2) is 66.7 Å². The van der Waals surface area contributed by atoms with E-state index in [2.05, 4.69) is 5.32 Å². The van der Waals surface area contributed by atoms with Gasteiger partial charge in [0.1, 0.15) is 23.8 Å². The first-order valence-electron chi connectivity index (χ1n) is 15.6. The lowest BCUT2D eigenvalue weighted by Crippen LogP contribution is -2.98. The zero-order valence-electron chi connectivity index (χ0n) is 26.1. The van der Waals surface area contributed by atoms with E-state index in [-0.39, 0.29) is 35.9 Å². The third kappa shape index (κ3) is 8.95. The number of hydrogen-bond acceptors (Lipinski definition) is 4. The quantitative estimate of drug-likeness (QED) is 0.289. The molecular weight excluding hydrogens is 578 g/mol. The molecule has 0 spiro atoms. The molecule has 4 rings (SSSR count). The maximum absolute atomic E-state index is 14.1. The van der Waals surface area contributed by atoms with Crippen LogP contribution in [0, 0.1) is 18.6 Å². The molecule has 1 saturated heterocycles. The molecule has 8 nitrogen and oxygen atoms in total. The summed E-state index contributed by atoms with van der Waals surface area (Å²) >= 11 is 0. The molecule has 0 bridgehead atoms. The van der Waals surface area contributed by atoms with Crippen LogP contribution in [0.4, 0.5) is 8.78 Å². The highest BCUT2D eigenvalue weighted by Gasteiger charge is 2.37. The maximum atomic E-state index is 14.1. The van der Waals surface area contributed by atoms with E-state index in [1.165, 1.54) is 12.1 Å². The number of rotatable bonds is 12. The predicted octanol–water partition coefficient (Wildman–Crippen LogP) is 3.33. The topological polar surface area (TPSA) is 107 Å². The van der Waals surface area contributed by atoms with E-state index in [1.807, 2.05) is 25.2 Å². The first-order chi connectivity index (χ1) is 21.6. The summed E-state index contributed by atoms with van der Waals surface area (Å²) < 4.78 is 28.3. The van der Waals surface area contributed by atoms with Crippen LogP contribution in [0.2, 0.25) is 0 Å². The number of nitrogens with zero attached hydrogens (tertiary/aromatic N) is 2. The third-order valence-electron chi connectivity index (χ3n) is 8.01. The summed E-state index contributed by atoms with van der Waals surface area (Å²) in [4.78, 5) is 43.6. The Balaban J connectivity index is 1.59. The van der Waals surface area contributed by atoms with Gasteiger partial charge in [0.15, 0.2) is 0 Å². The van der Waals surface area contributed by atoms with Crippen molar-refractivity contribution in [1.29, 1.82) is 0 Å². The van der Waals surface area contributed by atoms with Gasteiger partial charge in [-0.25, -0.2) is 8.78 Å². The number of nitrogens with one attached hydrogen (secondary N) is 1. The molecule has 1 fully saturated rings. The summed E-state index contributed by atoms with van der Waals surface area (Å²) in [5, 5.41) is 16.5. The number of nitrogens with two attached hydrogens (primary N) is 1. The van der Waals surface area contributed by atoms with Gasteiger partial charge in [-0.1, -0.05) is 32.0 Å². The Morgan fingerprint density at radius 3 is 2.24 bits per heavy atom. The van der Waals surface area contributed by atoms with Crippen molar-refractivity contribution < 1.29 is 33.6 Å². The molecule has 1 aliphatic heterocycles. The molecular formula is C35H43F2N4O4+. The molecule has 45 heavy (non-hydrogen) atoms. The Kier molecular flexibility index (Phi) is 11.8. The minimum atomic E-state index is -1.18. The molecule has 4 N–H and O–H groups in total. The van der Waals surface area contributed by atoms with Crippen LogP contribution in [0.3, 0.4) is 0 Å². The minimum absolute atomic E-state index is 0.0586. The molecule has 3 atom stereocenters. The fourth-order valence-electron chi connectivity index (χ4n) is 5.92. The van der Waals surface area contributed by atoms with Crippen molar-refractivity contribution in [3.63, 3.8) is 0 Å². The Morgan fingerprint density at radius 2 is 1.60 bits per heavy atom. The first kappa shape index (κ1) is 33.7. The highest BCUT2D eigenvalue weighted by molar-refractivity contribution is 6.00. The number of carbonyl (C=O) groups excluding carboxylic acids is 3. The molecule has 0 aromatic heterocycles. The van der Waals surface area contributed by atoms with Crippen LogP contribution in [0.25, 0.3) is 0 Å². The number of amides is 3. The summed E-state index contributed by atoms with van der Waals surface area (Å²) in [5.74, 6) is -2.38. The van der Waals surface area contributed by atoms with Crippen LogP contribution in [0.5, 0.6) is 0 Å². The van der Waals surface area contributed by atoms with Gasteiger partial charge < -0.3 is 25.5 Å². The number of carbonyl (C=O) groups is 3. The third-order valence-corrected chi connectivity index (χ3v) is 8.01.